The molecule has 1 heterocycles. The van der Waals surface area contributed by atoms with Crippen LogP contribution >= 0.6 is 0 Å². The van der Waals surface area contributed by atoms with Crippen molar-refractivity contribution in [3.8, 4) is 0 Å². The summed E-state index contributed by atoms with van der Waals surface area (Å²) < 4.78 is 23.6. The molecular weight excluding hydrogens is 294 g/mol. The lowest BCUT2D eigenvalue weighted by Crippen LogP contribution is -2.57. The Hall–Kier alpha value is -1.67. The van der Waals surface area contributed by atoms with Crippen molar-refractivity contribution in [2.75, 3.05) is 30.8 Å². The van der Waals surface area contributed by atoms with Crippen LogP contribution in [-0.2, 0) is 9.84 Å². The molecule has 0 bridgehead atoms. The van der Waals surface area contributed by atoms with Crippen LogP contribution in [0.15, 0.2) is 23.1 Å². The van der Waals surface area contributed by atoms with Crippen LogP contribution in [0.2, 0.25) is 0 Å². The fourth-order valence-electron chi connectivity index (χ4n) is 2.60. The maximum atomic E-state index is 11.8. The second-order valence-electron chi connectivity index (χ2n) is 5.89. The molecule has 116 valence electrons. The van der Waals surface area contributed by atoms with Gasteiger partial charge in [0.1, 0.15) is 10.6 Å². The molecule has 2 rings (SSSR count). The number of nitro benzene ring substituents is 1. The Balaban J connectivity index is 2.57. The molecule has 0 amide bonds. The molecule has 1 aliphatic rings. The quantitative estimate of drug-likeness (QED) is 0.665. The average Bonchev–Trinajstić information content (AvgIpc) is 2.35. The third-order valence-corrected chi connectivity index (χ3v) is 4.60. The summed E-state index contributed by atoms with van der Waals surface area (Å²) in [4.78, 5) is 12.4. The Morgan fingerprint density at radius 3 is 2.57 bits per heavy atom. The van der Waals surface area contributed by atoms with Crippen LogP contribution < -0.4 is 10.2 Å². The smallest absolute Gasteiger partial charge is 0.311 e. The minimum atomic E-state index is -3.65. The van der Waals surface area contributed by atoms with Gasteiger partial charge in [-0.05, 0) is 26.0 Å². The van der Waals surface area contributed by atoms with Gasteiger partial charge in [-0.2, -0.15) is 0 Å². The van der Waals surface area contributed by atoms with E-state index in [1.165, 1.54) is 6.07 Å². The number of sulfone groups is 1. The van der Waals surface area contributed by atoms with Gasteiger partial charge in [-0.1, -0.05) is 6.07 Å². The second-order valence-corrected chi connectivity index (χ2v) is 7.87. The van der Waals surface area contributed by atoms with Crippen molar-refractivity contribution in [3.63, 3.8) is 0 Å². The first-order chi connectivity index (χ1) is 9.62. The van der Waals surface area contributed by atoms with Gasteiger partial charge in [-0.25, -0.2) is 8.42 Å². The van der Waals surface area contributed by atoms with E-state index in [1.807, 2.05) is 18.7 Å². The predicted octanol–water partition coefficient (Wildman–Crippen LogP) is 1.19. The van der Waals surface area contributed by atoms with Gasteiger partial charge in [0.15, 0.2) is 9.84 Å². The number of benzene rings is 1. The highest BCUT2D eigenvalue weighted by molar-refractivity contribution is 7.90. The Morgan fingerprint density at radius 2 is 2.05 bits per heavy atom. The summed E-state index contributed by atoms with van der Waals surface area (Å²) in [5, 5.41) is 14.7. The summed E-state index contributed by atoms with van der Waals surface area (Å²) in [6.07, 6.45) is 0.987. The number of nitro groups is 1. The molecule has 1 aromatic carbocycles. The van der Waals surface area contributed by atoms with Crippen molar-refractivity contribution in [3.05, 3.63) is 28.3 Å². The van der Waals surface area contributed by atoms with Crippen LogP contribution in [0.3, 0.4) is 0 Å². The van der Waals surface area contributed by atoms with Crippen LogP contribution in [-0.4, -0.2) is 44.8 Å². The van der Waals surface area contributed by atoms with Gasteiger partial charge in [0.25, 0.3) is 0 Å². The first-order valence-electron chi connectivity index (χ1n) is 6.59. The molecule has 0 aromatic heterocycles. The molecule has 0 saturated carbocycles. The molecule has 0 atom stereocenters. The number of para-hydroxylation sites is 1. The van der Waals surface area contributed by atoms with Gasteiger partial charge in [-0.3, -0.25) is 10.1 Å². The summed E-state index contributed by atoms with van der Waals surface area (Å²) in [6, 6.07) is 4.44. The van der Waals surface area contributed by atoms with E-state index in [9.17, 15) is 18.5 Å². The van der Waals surface area contributed by atoms with Crippen LogP contribution in [0.1, 0.15) is 13.8 Å². The molecule has 7 nitrogen and oxygen atoms in total. The van der Waals surface area contributed by atoms with E-state index < -0.39 is 14.8 Å². The lowest BCUT2D eigenvalue weighted by molar-refractivity contribution is -0.387. The molecule has 0 spiro atoms. The van der Waals surface area contributed by atoms with Gasteiger partial charge in [0.05, 0.1) is 4.92 Å². The topological polar surface area (TPSA) is 92.5 Å². The van der Waals surface area contributed by atoms with E-state index in [0.29, 0.717) is 25.3 Å². The van der Waals surface area contributed by atoms with Gasteiger partial charge in [0.2, 0.25) is 0 Å². The van der Waals surface area contributed by atoms with E-state index in [4.69, 9.17) is 0 Å². The zero-order valence-corrected chi connectivity index (χ0v) is 13.1. The highest BCUT2D eigenvalue weighted by atomic mass is 32.2. The minimum Gasteiger partial charge on any atom is -0.363 e. The molecule has 1 aromatic rings. The number of nitrogens with one attached hydrogen (secondary N) is 1. The van der Waals surface area contributed by atoms with E-state index in [1.54, 1.807) is 12.1 Å². The molecule has 1 fully saturated rings. The van der Waals surface area contributed by atoms with E-state index >= 15 is 0 Å². The Labute approximate surface area is 124 Å². The lowest BCUT2D eigenvalue weighted by Gasteiger charge is -2.40. The monoisotopic (exact) mass is 313 g/mol. The zero-order valence-electron chi connectivity index (χ0n) is 12.3. The van der Waals surface area contributed by atoms with Crippen LogP contribution in [0, 0.1) is 10.1 Å². The molecule has 1 N–H and O–H groups in total. The lowest BCUT2D eigenvalue weighted by atomic mass is 10.0. The molecule has 0 unspecified atom stereocenters. The summed E-state index contributed by atoms with van der Waals surface area (Å²) in [6.45, 7) is 5.86. The van der Waals surface area contributed by atoms with Gasteiger partial charge in [-0.15, -0.1) is 0 Å². The molecule has 1 saturated heterocycles. The van der Waals surface area contributed by atoms with Crippen molar-refractivity contribution in [2.24, 2.45) is 0 Å². The van der Waals surface area contributed by atoms with E-state index in [2.05, 4.69) is 5.32 Å². The first kappa shape index (κ1) is 15.7. The predicted molar refractivity (Wildman–Crippen MR) is 80.5 cm³/mol. The van der Waals surface area contributed by atoms with Gasteiger partial charge < -0.3 is 10.2 Å². The third kappa shape index (κ3) is 3.33. The molecular formula is C13H19N3O4S. The van der Waals surface area contributed by atoms with Crippen LogP contribution in [0.25, 0.3) is 0 Å². The summed E-state index contributed by atoms with van der Waals surface area (Å²) >= 11 is 0. The minimum absolute atomic E-state index is 0.187. The molecule has 1 aliphatic heterocycles. The normalized spacial score (nSPS) is 18.5. The summed E-state index contributed by atoms with van der Waals surface area (Å²) in [5.74, 6) is 0. The van der Waals surface area contributed by atoms with Crippen molar-refractivity contribution in [1.29, 1.82) is 0 Å². The maximum absolute atomic E-state index is 11.8. The largest absolute Gasteiger partial charge is 0.363 e. The molecule has 8 heteroatoms. The van der Waals surface area contributed by atoms with E-state index in [0.717, 1.165) is 6.26 Å². The summed E-state index contributed by atoms with van der Waals surface area (Å²) in [5.41, 5.74) is -0.164. The number of hydrogen-bond acceptors (Lipinski definition) is 6. The Kier molecular flexibility index (Phi) is 3.94. The third-order valence-electron chi connectivity index (χ3n) is 3.47. The molecule has 21 heavy (non-hydrogen) atoms. The SMILES string of the molecule is CC1(C)CN(c2cccc(S(C)(=O)=O)c2[N+](=O)[O-])CCN1. The van der Waals surface area contributed by atoms with Crippen molar-refractivity contribution >= 4 is 21.2 Å². The number of anilines is 1. The van der Waals surface area contributed by atoms with Gasteiger partial charge >= 0.3 is 5.69 Å². The number of rotatable bonds is 3. The fourth-order valence-corrected chi connectivity index (χ4v) is 3.45. The number of hydrogen-bond donors (Lipinski definition) is 1. The maximum Gasteiger partial charge on any atom is 0.311 e. The summed E-state index contributed by atoms with van der Waals surface area (Å²) in [7, 11) is -3.65. The highest BCUT2D eigenvalue weighted by Crippen LogP contribution is 2.35. The van der Waals surface area contributed by atoms with Crippen molar-refractivity contribution in [2.45, 2.75) is 24.3 Å². The van der Waals surface area contributed by atoms with Crippen molar-refractivity contribution in [1.82, 2.24) is 5.32 Å². The first-order valence-corrected chi connectivity index (χ1v) is 8.48. The van der Waals surface area contributed by atoms with Crippen molar-refractivity contribution < 1.29 is 13.3 Å². The number of piperazine rings is 1. The zero-order chi connectivity index (χ0) is 15.8. The van der Waals surface area contributed by atoms with Gasteiger partial charge in [0, 0.05) is 31.4 Å². The fraction of sp³-hybridized carbons (Fsp3) is 0.538. The standard InChI is InChI=1S/C13H19N3O4S/c1-13(2)9-15(8-7-14-13)10-5-4-6-11(21(3,19)20)12(10)16(17)18/h4-6,14H,7-9H2,1-3H3. The van der Waals surface area contributed by atoms with E-state index in [-0.39, 0.29) is 16.1 Å². The average molecular weight is 313 g/mol. The Bertz CT molecular complexity index is 670. The number of nitrogens with zero attached hydrogens (tertiary/aromatic N) is 2. The highest BCUT2D eigenvalue weighted by Gasteiger charge is 2.33. The molecule has 0 radical (unpaired) electrons. The molecule has 0 aliphatic carbocycles. The van der Waals surface area contributed by atoms with Crippen LogP contribution in [0.5, 0.6) is 0 Å². The second kappa shape index (κ2) is 5.27. The van der Waals surface area contributed by atoms with Crippen LogP contribution in [0.4, 0.5) is 11.4 Å². The Morgan fingerprint density at radius 1 is 1.38 bits per heavy atom.